The van der Waals surface area contributed by atoms with Crippen LogP contribution in [0.15, 0.2) is 30.7 Å². The molecule has 0 fully saturated rings. The summed E-state index contributed by atoms with van der Waals surface area (Å²) in [5.41, 5.74) is 8.16. The van der Waals surface area contributed by atoms with Crippen LogP contribution in [0.2, 0.25) is 0 Å². The molecule has 0 amide bonds. The Morgan fingerprint density at radius 1 is 1.38 bits per heavy atom. The van der Waals surface area contributed by atoms with Gasteiger partial charge >= 0.3 is 0 Å². The lowest BCUT2D eigenvalue weighted by atomic mass is 10.2. The number of hydrogen-bond donors (Lipinski definition) is 1. The molecule has 0 aliphatic carbocycles. The lowest BCUT2D eigenvalue weighted by Gasteiger charge is -2.07. The fourth-order valence-electron chi connectivity index (χ4n) is 1.89. The SMILES string of the molecule is Cn1cc(CCn2cccc2CCN)cn1. The third kappa shape index (κ3) is 2.52. The Kier molecular flexibility index (Phi) is 3.41. The Labute approximate surface area is 95.7 Å². The van der Waals surface area contributed by atoms with Gasteiger partial charge < -0.3 is 10.3 Å². The van der Waals surface area contributed by atoms with Crippen LogP contribution in [0.1, 0.15) is 11.3 Å². The van der Waals surface area contributed by atoms with E-state index in [0.29, 0.717) is 6.54 Å². The van der Waals surface area contributed by atoms with Crippen LogP contribution in [0.5, 0.6) is 0 Å². The molecule has 0 spiro atoms. The van der Waals surface area contributed by atoms with Gasteiger partial charge in [0.05, 0.1) is 6.20 Å². The van der Waals surface area contributed by atoms with Gasteiger partial charge in [0.15, 0.2) is 0 Å². The molecule has 2 rings (SSSR count). The van der Waals surface area contributed by atoms with Crippen molar-refractivity contribution < 1.29 is 0 Å². The third-order valence-corrected chi connectivity index (χ3v) is 2.72. The van der Waals surface area contributed by atoms with Crippen LogP contribution >= 0.6 is 0 Å². The molecule has 0 aliphatic rings. The smallest absolute Gasteiger partial charge is 0.0522 e. The van der Waals surface area contributed by atoms with Crippen molar-refractivity contribution in [3.05, 3.63) is 42.0 Å². The first-order valence-electron chi connectivity index (χ1n) is 5.61. The Hall–Kier alpha value is -1.55. The minimum absolute atomic E-state index is 0.705. The normalized spacial score (nSPS) is 10.9. The van der Waals surface area contributed by atoms with E-state index < -0.39 is 0 Å². The average Bonchev–Trinajstić information content (AvgIpc) is 2.85. The Balaban J connectivity index is 1.96. The molecule has 2 aromatic heterocycles. The van der Waals surface area contributed by atoms with Gasteiger partial charge in [0, 0.05) is 31.7 Å². The molecule has 0 radical (unpaired) electrons. The van der Waals surface area contributed by atoms with Crippen LogP contribution in [0.4, 0.5) is 0 Å². The first-order chi connectivity index (χ1) is 7.79. The molecular formula is C12H18N4. The maximum Gasteiger partial charge on any atom is 0.0522 e. The first kappa shape index (κ1) is 11.0. The molecule has 86 valence electrons. The second kappa shape index (κ2) is 4.99. The van der Waals surface area contributed by atoms with Crippen LogP contribution in [0.3, 0.4) is 0 Å². The largest absolute Gasteiger partial charge is 0.351 e. The van der Waals surface area contributed by atoms with E-state index >= 15 is 0 Å². The summed E-state index contributed by atoms with van der Waals surface area (Å²) in [5.74, 6) is 0. The van der Waals surface area contributed by atoms with Crippen molar-refractivity contribution in [3.8, 4) is 0 Å². The van der Waals surface area contributed by atoms with E-state index in [-0.39, 0.29) is 0 Å². The van der Waals surface area contributed by atoms with Crippen molar-refractivity contribution in [1.82, 2.24) is 14.3 Å². The highest BCUT2D eigenvalue weighted by molar-refractivity contribution is 5.09. The predicted molar refractivity (Wildman–Crippen MR) is 64.1 cm³/mol. The van der Waals surface area contributed by atoms with Crippen LogP contribution in [-0.4, -0.2) is 20.9 Å². The Bertz CT molecular complexity index is 441. The summed E-state index contributed by atoms with van der Waals surface area (Å²) in [5, 5.41) is 4.16. The summed E-state index contributed by atoms with van der Waals surface area (Å²) in [6.07, 6.45) is 8.06. The summed E-state index contributed by atoms with van der Waals surface area (Å²) in [4.78, 5) is 0. The molecule has 2 heterocycles. The highest BCUT2D eigenvalue weighted by atomic mass is 15.2. The summed E-state index contributed by atoms with van der Waals surface area (Å²) in [6.45, 7) is 1.70. The number of aryl methyl sites for hydroxylation is 3. The molecule has 4 nitrogen and oxygen atoms in total. The van der Waals surface area contributed by atoms with Gasteiger partial charge in [0.1, 0.15) is 0 Å². The second-order valence-electron chi connectivity index (χ2n) is 4.00. The van der Waals surface area contributed by atoms with Crippen molar-refractivity contribution in [2.45, 2.75) is 19.4 Å². The standard InChI is InChI=1S/C12H18N4/c1-15-10-11(9-14-15)5-8-16-7-2-3-12(16)4-6-13/h2-3,7,9-10H,4-6,8,13H2,1H3. The van der Waals surface area contributed by atoms with Gasteiger partial charge in [0.2, 0.25) is 0 Å². The molecule has 0 saturated carbocycles. The molecular weight excluding hydrogens is 200 g/mol. The van der Waals surface area contributed by atoms with Crippen molar-refractivity contribution in [1.29, 1.82) is 0 Å². The van der Waals surface area contributed by atoms with Crippen LogP contribution in [0.25, 0.3) is 0 Å². The fraction of sp³-hybridized carbons (Fsp3) is 0.417. The molecule has 0 atom stereocenters. The van der Waals surface area contributed by atoms with Gasteiger partial charge in [-0.1, -0.05) is 0 Å². The van der Waals surface area contributed by atoms with Crippen molar-refractivity contribution in [2.24, 2.45) is 12.8 Å². The number of hydrogen-bond acceptors (Lipinski definition) is 2. The molecule has 0 bridgehead atoms. The van der Waals surface area contributed by atoms with Gasteiger partial charge in [-0.05, 0) is 37.1 Å². The van der Waals surface area contributed by atoms with Crippen LogP contribution in [0, 0.1) is 0 Å². The number of aromatic nitrogens is 3. The van der Waals surface area contributed by atoms with E-state index in [9.17, 15) is 0 Å². The van der Waals surface area contributed by atoms with E-state index in [1.807, 2.05) is 17.9 Å². The van der Waals surface area contributed by atoms with E-state index in [4.69, 9.17) is 5.73 Å². The summed E-state index contributed by atoms with van der Waals surface area (Å²) >= 11 is 0. The van der Waals surface area contributed by atoms with E-state index in [2.05, 4.69) is 34.2 Å². The topological polar surface area (TPSA) is 48.8 Å². The lowest BCUT2D eigenvalue weighted by molar-refractivity contribution is 0.660. The maximum atomic E-state index is 5.57. The minimum atomic E-state index is 0.705. The highest BCUT2D eigenvalue weighted by Crippen LogP contribution is 2.06. The zero-order valence-corrected chi connectivity index (χ0v) is 9.63. The molecule has 0 unspecified atom stereocenters. The van der Waals surface area contributed by atoms with Gasteiger partial charge in [-0.25, -0.2) is 0 Å². The molecule has 0 aliphatic heterocycles. The highest BCUT2D eigenvalue weighted by Gasteiger charge is 2.01. The van der Waals surface area contributed by atoms with E-state index in [1.165, 1.54) is 11.3 Å². The zero-order chi connectivity index (χ0) is 11.4. The molecule has 2 aromatic rings. The van der Waals surface area contributed by atoms with Crippen molar-refractivity contribution in [2.75, 3.05) is 6.54 Å². The van der Waals surface area contributed by atoms with Gasteiger partial charge in [-0.15, -0.1) is 0 Å². The number of nitrogens with zero attached hydrogens (tertiary/aromatic N) is 3. The quantitative estimate of drug-likeness (QED) is 0.812. The Morgan fingerprint density at radius 2 is 2.25 bits per heavy atom. The van der Waals surface area contributed by atoms with Gasteiger partial charge in [-0.3, -0.25) is 4.68 Å². The van der Waals surface area contributed by atoms with Gasteiger partial charge in [-0.2, -0.15) is 5.10 Å². The molecule has 0 saturated heterocycles. The molecule has 16 heavy (non-hydrogen) atoms. The van der Waals surface area contributed by atoms with Crippen molar-refractivity contribution in [3.63, 3.8) is 0 Å². The molecule has 4 heteroatoms. The lowest BCUT2D eigenvalue weighted by Crippen LogP contribution is -2.09. The predicted octanol–water partition coefficient (Wildman–Crippen LogP) is 0.965. The fourth-order valence-corrected chi connectivity index (χ4v) is 1.89. The summed E-state index contributed by atoms with van der Waals surface area (Å²) < 4.78 is 4.10. The zero-order valence-electron chi connectivity index (χ0n) is 9.63. The van der Waals surface area contributed by atoms with Crippen molar-refractivity contribution >= 4 is 0 Å². The number of rotatable bonds is 5. The summed E-state index contributed by atoms with van der Waals surface area (Å²) in [7, 11) is 1.94. The Morgan fingerprint density at radius 3 is 2.94 bits per heavy atom. The van der Waals surface area contributed by atoms with E-state index in [0.717, 1.165) is 19.4 Å². The third-order valence-electron chi connectivity index (χ3n) is 2.72. The van der Waals surface area contributed by atoms with Crippen LogP contribution < -0.4 is 5.73 Å². The average molecular weight is 218 g/mol. The monoisotopic (exact) mass is 218 g/mol. The van der Waals surface area contributed by atoms with E-state index in [1.54, 1.807) is 0 Å². The summed E-state index contributed by atoms with van der Waals surface area (Å²) in [6, 6.07) is 4.21. The molecule has 2 N–H and O–H groups in total. The number of nitrogens with two attached hydrogens (primary N) is 1. The first-order valence-corrected chi connectivity index (χ1v) is 5.61. The maximum absolute atomic E-state index is 5.57. The van der Waals surface area contributed by atoms with Crippen LogP contribution in [-0.2, 0) is 26.4 Å². The van der Waals surface area contributed by atoms with Gasteiger partial charge in [0.25, 0.3) is 0 Å². The second-order valence-corrected chi connectivity index (χ2v) is 4.00. The minimum Gasteiger partial charge on any atom is -0.351 e. The molecule has 0 aromatic carbocycles.